The third-order valence-corrected chi connectivity index (χ3v) is 10.5. The molecule has 1 fully saturated rings. The van der Waals surface area contributed by atoms with E-state index in [-0.39, 0.29) is 43.1 Å². The SMILES string of the molecule is COC(=O)CN(CCN(C)C(=O)OC(C)(C)C)C1CCC(CN(C)c2cnc(N3C(=O)Cc4cc(OC)c(OC(C)C)cc4C3c3ccc(C)cc3)cn2)CC1. The lowest BCUT2D eigenvalue weighted by molar-refractivity contribution is -0.142. The number of amides is 2. The average molecular weight is 773 g/mol. The molecule has 13 nitrogen and oxygen atoms in total. The molecule has 2 amide bonds. The molecule has 2 aromatic carbocycles. The number of hydrogen-bond donors (Lipinski definition) is 0. The molecule has 1 unspecified atom stereocenters. The van der Waals surface area contributed by atoms with Crippen LogP contribution in [0, 0.1) is 12.8 Å². The Morgan fingerprint density at radius 2 is 1.64 bits per heavy atom. The molecule has 1 aliphatic heterocycles. The predicted molar refractivity (Wildman–Crippen MR) is 216 cm³/mol. The zero-order valence-electron chi connectivity index (χ0n) is 34.8. The number of hydrogen-bond acceptors (Lipinski definition) is 11. The lowest BCUT2D eigenvalue weighted by Crippen LogP contribution is -2.46. The number of fused-ring (bicyclic) bond motifs is 1. The average Bonchev–Trinajstić information content (AvgIpc) is 3.15. The van der Waals surface area contributed by atoms with Crippen molar-refractivity contribution in [1.29, 1.82) is 0 Å². The first kappa shape index (κ1) is 42.2. The number of rotatable bonds is 14. The van der Waals surface area contributed by atoms with Crippen LogP contribution in [-0.4, -0.2) is 110 Å². The van der Waals surface area contributed by atoms with Crippen LogP contribution in [0.5, 0.6) is 11.5 Å². The van der Waals surface area contributed by atoms with E-state index in [1.54, 1.807) is 36.4 Å². The Kier molecular flexibility index (Phi) is 13.8. The molecule has 5 rings (SSSR count). The molecule has 1 atom stereocenters. The number of nitrogens with zero attached hydrogens (tertiary/aromatic N) is 6. The minimum atomic E-state index is -0.580. The minimum Gasteiger partial charge on any atom is -0.493 e. The summed E-state index contributed by atoms with van der Waals surface area (Å²) in [6.45, 7) is 13.5. The summed E-state index contributed by atoms with van der Waals surface area (Å²) in [4.78, 5) is 56.1. The van der Waals surface area contributed by atoms with E-state index in [1.165, 1.54) is 7.11 Å². The maximum absolute atomic E-state index is 14.0. The van der Waals surface area contributed by atoms with Crippen molar-refractivity contribution < 1.29 is 33.3 Å². The fourth-order valence-electron chi connectivity index (χ4n) is 7.54. The smallest absolute Gasteiger partial charge is 0.410 e. The molecule has 0 spiro atoms. The highest BCUT2D eigenvalue weighted by atomic mass is 16.6. The first-order valence-corrected chi connectivity index (χ1v) is 19.6. The van der Waals surface area contributed by atoms with Crippen molar-refractivity contribution in [2.45, 2.75) is 97.4 Å². The van der Waals surface area contributed by atoms with Gasteiger partial charge in [-0.2, -0.15) is 0 Å². The van der Waals surface area contributed by atoms with Crippen LogP contribution in [0.25, 0.3) is 0 Å². The molecule has 0 saturated heterocycles. The van der Waals surface area contributed by atoms with Gasteiger partial charge in [0.15, 0.2) is 17.3 Å². The number of ether oxygens (including phenoxy) is 4. The summed E-state index contributed by atoms with van der Waals surface area (Å²) < 4.78 is 22.3. The van der Waals surface area contributed by atoms with Gasteiger partial charge in [-0.05, 0) is 102 Å². The normalized spacial score (nSPS) is 18.4. The Morgan fingerprint density at radius 3 is 2.23 bits per heavy atom. The molecule has 0 N–H and O–H groups in total. The number of esters is 1. The molecule has 1 saturated carbocycles. The summed E-state index contributed by atoms with van der Waals surface area (Å²) in [5.41, 5.74) is 3.37. The van der Waals surface area contributed by atoms with E-state index in [4.69, 9.17) is 28.9 Å². The lowest BCUT2D eigenvalue weighted by Gasteiger charge is -2.38. The molecule has 304 valence electrons. The maximum atomic E-state index is 14.0. The van der Waals surface area contributed by atoms with Gasteiger partial charge in [0, 0.05) is 39.8 Å². The van der Waals surface area contributed by atoms with Crippen LogP contribution in [0.4, 0.5) is 16.4 Å². The first-order valence-electron chi connectivity index (χ1n) is 19.6. The summed E-state index contributed by atoms with van der Waals surface area (Å²) in [5.74, 6) is 2.49. The van der Waals surface area contributed by atoms with Gasteiger partial charge in [0.1, 0.15) is 11.4 Å². The summed E-state index contributed by atoms with van der Waals surface area (Å²) >= 11 is 0. The summed E-state index contributed by atoms with van der Waals surface area (Å²) in [5, 5.41) is 0. The predicted octanol–water partition coefficient (Wildman–Crippen LogP) is 6.60. The van der Waals surface area contributed by atoms with Gasteiger partial charge in [-0.25, -0.2) is 14.8 Å². The van der Waals surface area contributed by atoms with Crippen LogP contribution in [0.2, 0.25) is 0 Å². The lowest BCUT2D eigenvalue weighted by atomic mass is 9.85. The van der Waals surface area contributed by atoms with E-state index >= 15 is 0 Å². The van der Waals surface area contributed by atoms with Crippen LogP contribution >= 0.6 is 0 Å². The number of carbonyl (C=O) groups excluding carboxylic acids is 3. The zero-order chi connectivity index (χ0) is 40.7. The molecular formula is C43H60N6O7. The highest BCUT2D eigenvalue weighted by molar-refractivity contribution is 5.97. The van der Waals surface area contributed by atoms with E-state index in [2.05, 4.69) is 34.1 Å². The third-order valence-electron chi connectivity index (χ3n) is 10.5. The Bertz CT molecular complexity index is 1800. The van der Waals surface area contributed by atoms with E-state index < -0.39 is 11.6 Å². The van der Waals surface area contributed by atoms with Crippen LogP contribution < -0.4 is 19.3 Å². The summed E-state index contributed by atoms with van der Waals surface area (Å²) in [6, 6.07) is 11.9. The van der Waals surface area contributed by atoms with E-state index in [9.17, 15) is 14.4 Å². The Balaban J connectivity index is 1.27. The van der Waals surface area contributed by atoms with Gasteiger partial charge in [0.05, 0.1) is 51.7 Å². The molecule has 3 aromatic rings. The van der Waals surface area contributed by atoms with Gasteiger partial charge in [-0.15, -0.1) is 0 Å². The van der Waals surface area contributed by atoms with Crippen molar-refractivity contribution in [3.63, 3.8) is 0 Å². The van der Waals surface area contributed by atoms with Crippen molar-refractivity contribution in [3.8, 4) is 11.5 Å². The van der Waals surface area contributed by atoms with Crippen LogP contribution in [0.3, 0.4) is 0 Å². The Morgan fingerprint density at radius 1 is 0.946 bits per heavy atom. The standard InChI is InChI=1S/C43H60N6O7/c1-28(2)55-36-23-34-32(21-35(36)53-9)22-39(50)49(41(34)31-15-11-29(3)12-16-31)38-25-44-37(24-45-38)47(8)26-30-13-17-33(18-14-30)48(27-40(51)54-10)20-19-46(7)42(52)56-43(4,5)6/h11-12,15-16,21,23-25,28,30,33,41H,13-14,17-20,22,26-27H2,1-10H3. The van der Waals surface area contributed by atoms with E-state index in [0.717, 1.165) is 60.3 Å². The minimum absolute atomic E-state index is 0.0580. The second-order valence-corrected chi connectivity index (χ2v) is 16.4. The molecule has 1 aliphatic carbocycles. The largest absolute Gasteiger partial charge is 0.493 e. The highest BCUT2D eigenvalue weighted by Gasteiger charge is 2.37. The van der Waals surface area contributed by atoms with Crippen molar-refractivity contribution >= 4 is 29.6 Å². The molecular weight excluding hydrogens is 713 g/mol. The van der Waals surface area contributed by atoms with Gasteiger partial charge in [0.25, 0.3) is 0 Å². The number of benzene rings is 2. The highest BCUT2D eigenvalue weighted by Crippen LogP contribution is 2.43. The molecule has 2 heterocycles. The summed E-state index contributed by atoms with van der Waals surface area (Å²) in [7, 11) is 6.75. The van der Waals surface area contributed by atoms with Crippen molar-refractivity contribution in [2.24, 2.45) is 5.92 Å². The first-order chi connectivity index (χ1) is 26.6. The fourth-order valence-corrected chi connectivity index (χ4v) is 7.54. The van der Waals surface area contributed by atoms with Crippen LogP contribution in [0.15, 0.2) is 48.8 Å². The van der Waals surface area contributed by atoms with Gasteiger partial charge < -0.3 is 28.7 Å². The van der Waals surface area contributed by atoms with Gasteiger partial charge >= 0.3 is 12.1 Å². The van der Waals surface area contributed by atoms with Crippen molar-refractivity contribution in [1.82, 2.24) is 19.8 Å². The molecule has 13 heteroatoms. The molecule has 56 heavy (non-hydrogen) atoms. The monoisotopic (exact) mass is 772 g/mol. The van der Waals surface area contributed by atoms with E-state index in [1.807, 2.05) is 60.7 Å². The Hall–Kier alpha value is -4.91. The van der Waals surface area contributed by atoms with Crippen molar-refractivity contribution in [3.05, 3.63) is 71.0 Å². The van der Waals surface area contributed by atoms with Gasteiger partial charge in [-0.1, -0.05) is 29.8 Å². The van der Waals surface area contributed by atoms with Gasteiger partial charge in [-0.3, -0.25) is 19.4 Å². The quantitative estimate of drug-likeness (QED) is 0.165. The maximum Gasteiger partial charge on any atom is 0.410 e. The second-order valence-electron chi connectivity index (χ2n) is 16.4. The molecule has 1 aromatic heterocycles. The number of anilines is 2. The van der Waals surface area contributed by atoms with E-state index in [0.29, 0.717) is 36.3 Å². The molecule has 0 bridgehead atoms. The molecule has 2 aliphatic rings. The number of likely N-dealkylation sites (N-methyl/N-ethyl adjacent to an activating group) is 1. The number of carbonyl (C=O) groups is 3. The van der Waals surface area contributed by atoms with Crippen LogP contribution in [-0.2, 0) is 25.5 Å². The second kappa shape index (κ2) is 18.4. The van der Waals surface area contributed by atoms with Crippen LogP contribution in [0.1, 0.15) is 88.6 Å². The number of methoxy groups -OCH3 is 2. The Labute approximate surface area is 332 Å². The van der Waals surface area contributed by atoms with Gasteiger partial charge in [0.2, 0.25) is 5.91 Å². The fraction of sp³-hybridized carbons (Fsp3) is 0.558. The van der Waals surface area contributed by atoms with Crippen molar-refractivity contribution in [2.75, 3.05) is 64.3 Å². The summed E-state index contributed by atoms with van der Waals surface area (Å²) in [6.07, 6.45) is 7.00. The molecule has 0 radical (unpaired) electrons. The zero-order valence-corrected chi connectivity index (χ0v) is 34.8. The number of aryl methyl sites for hydroxylation is 1. The topological polar surface area (TPSA) is 127 Å². The third kappa shape index (κ3) is 10.7. The number of aromatic nitrogens is 2.